The molecule has 0 aliphatic carbocycles. The molecule has 14 heteroatoms. The lowest BCUT2D eigenvalue weighted by molar-refractivity contribution is -0.384. The highest BCUT2D eigenvalue weighted by atomic mass is 32.3. The molecule has 0 atom stereocenters. The number of nitro groups is 1. The fraction of sp³-hybridized carbons (Fsp3) is 0.118. The predicted octanol–water partition coefficient (Wildman–Crippen LogP) is 3.69. The van der Waals surface area contributed by atoms with E-state index in [2.05, 4.69) is 14.5 Å². The van der Waals surface area contributed by atoms with E-state index in [0.717, 1.165) is 6.07 Å². The summed E-state index contributed by atoms with van der Waals surface area (Å²) in [5.74, 6) is -0.796. The molecule has 0 saturated carbocycles. The first-order valence-electron chi connectivity index (χ1n) is 8.28. The molecule has 10 nitrogen and oxygen atoms in total. The molecule has 164 valence electrons. The summed E-state index contributed by atoms with van der Waals surface area (Å²) in [6, 6.07) is 6.02. The number of rotatable bonds is 6. The van der Waals surface area contributed by atoms with Gasteiger partial charge in [-0.1, -0.05) is 0 Å². The number of anilines is 1. The number of hydrogen-bond acceptors (Lipinski definition) is 7. The number of benzene rings is 2. The summed E-state index contributed by atoms with van der Waals surface area (Å²) in [5, 5.41) is 13.9. The third-order valence-corrected chi connectivity index (χ3v) is 4.49. The predicted molar refractivity (Wildman–Crippen MR) is 102 cm³/mol. The van der Waals surface area contributed by atoms with Gasteiger partial charge in [-0.25, -0.2) is 4.98 Å². The summed E-state index contributed by atoms with van der Waals surface area (Å²) >= 11 is 0. The number of hydrogen-bond donors (Lipinski definition) is 2. The Kier molecular flexibility index (Phi) is 5.61. The maximum Gasteiger partial charge on any atom is 0.446 e. The zero-order valence-corrected chi connectivity index (χ0v) is 16.3. The molecule has 1 aromatic heterocycles. The van der Waals surface area contributed by atoms with E-state index in [1.165, 1.54) is 35.3 Å². The van der Waals surface area contributed by atoms with Crippen molar-refractivity contribution < 1.29 is 35.2 Å². The third-order valence-electron chi connectivity index (χ3n) is 4.10. The van der Waals surface area contributed by atoms with Crippen molar-refractivity contribution in [2.24, 2.45) is 0 Å². The van der Waals surface area contributed by atoms with Gasteiger partial charge in [-0.3, -0.25) is 14.7 Å². The van der Waals surface area contributed by atoms with Gasteiger partial charge in [0.2, 0.25) is 0 Å². The molecule has 0 saturated heterocycles. The zero-order chi connectivity index (χ0) is 23.0. The minimum absolute atomic E-state index is 0.0130. The molecule has 31 heavy (non-hydrogen) atoms. The van der Waals surface area contributed by atoms with E-state index in [9.17, 15) is 31.7 Å². The van der Waals surface area contributed by atoms with Crippen LogP contribution in [0.5, 0.6) is 5.75 Å². The molecule has 0 fully saturated rings. The van der Waals surface area contributed by atoms with Crippen molar-refractivity contribution in [1.29, 1.82) is 0 Å². The summed E-state index contributed by atoms with van der Waals surface area (Å²) in [6.45, 7) is 0. The number of halogens is 3. The molecule has 0 spiro atoms. The Morgan fingerprint density at radius 3 is 2.52 bits per heavy atom. The maximum atomic E-state index is 13.0. The van der Waals surface area contributed by atoms with Crippen molar-refractivity contribution in [2.75, 3.05) is 12.4 Å². The average molecular weight is 458 g/mol. The van der Waals surface area contributed by atoms with Gasteiger partial charge in [-0.2, -0.15) is 21.6 Å². The lowest BCUT2D eigenvalue weighted by atomic mass is 10.1. The first-order chi connectivity index (χ1) is 14.4. The smallest absolute Gasteiger partial charge is 0.386 e. The Morgan fingerprint density at radius 1 is 1.23 bits per heavy atom. The second-order valence-corrected chi connectivity index (χ2v) is 7.12. The van der Waals surface area contributed by atoms with Gasteiger partial charge in [0.15, 0.2) is 5.75 Å². The molecule has 3 aromatic rings. The first kappa shape index (κ1) is 22.0. The Balaban J connectivity index is 2.12. The Bertz CT molecular complexity index is 1260. The van der Waals surface area contributed by atoms with Crippen molar-refractivity contribution in [1.82, 2.24) is 9.55 Å². The van der Waals surface area contributed by atoms with Gasteiger partial charge in [-0.05, 0) is 24.3 Å². The summed E-state index contributed by atoms with van der Waals surface area (Å²) < 4.78 is 75.8. The third kappa shape index (κ3) is 4.92. The van der Waals surface area contributed by atoms with Crippen molar-refractivity contribution in [3.63, 3.8) is 0 Å². The number of nitro benzene ring substituents is 1. The van der Waals surface area contributed by atoms with Gasteiger partial charge in [0.05, 0.1) is 33.9 Å². The standard InChI is InChI=1S/C17H13F3N4O6S/c1-21-13-5-3-11(24(25)26)7-15(13)23-8-14(22-9-23)12-4-2-10(17(18,19)20)6-16(12)30-31(27,28)29/h2-9,21H,1H3,(H,27,28,29). The van der Waals surface area contributed by atoms with E-state index >= 15 is 0 Å². The Morgan fingerprint density at radius 2 is 1.94 bits per heavy atom. The summed E-state index contributed by atoms with van der Waals surface area (Å²) in [6.07, 6.45) is -2.26. The molecule has 0 unspecified atom stereocenters. The minimum Gasteiger partial charge on any atom is -0.386 e. The molecule has 0 amide bonds. The highest BCUT2D eigenvalue weighted by Gasteiger charge is 2.32. The van der Waals surface area contributed by atoms with Gasteiger partial charge in [0.25, 0.3) is 5.69 Å². The second-order valence-electron chi connectivity index (χ2n) is 6.09. The fourth-order valence-corrected chi connectivity index (χ4v) is 3.11. The molecular formula is C17H13F3N4O6S. The van der Waals surface area contributed by atoms with Gasteiger partial charge >= 0.3 is 16.6 Å². The number of non-ortho nitro benzene ring substituents is 1. The van der Waals surface area contributed by atoms with Gasteiger partial charge in [-0.15, -0.1) is 0 Å². The largest absolute Gasteiger partial charge is 0.446 e. The summed E-state index contributed by atoms with van der Waals surface area (Å²) in [4.78, 5) is 14.5. The van der Waals surface area contributed by atoms with Crippen molar-refractivity contribution in [3.8, 4) is 22.7 Å². The Labute approximate surface area is 173 Å². The van der Waals surface area contributed by atoms with Crippen LogP contribution in [0, 0.1) is 10.1 Å². The number of imidazole rings is 1. The van der Waals surface area contributed by atoms with Gasteiger partial charge in [0, 0.05) is 30.9 Å². The summed E-state index contributed by atoms with van der Waals surface area (Å²) in [7, 11) is -3.55. The van der Waals surface area contributed by atoms with E-state index in [-0.39, 0.29) is 16.9 Å². The second kappa shape index (κ2) is 7.88. The average Bonchev–Trinajstić information content (AvgIpc) is 3.15. The molecule has 1 heterocycles. The van der Waals surface area contributed by atoms with E-state index < -0.39 is 32.8 Å². The molecule has 2 aromatic carbocycles. The fourth-order valence-electron chi connectivity index (χ4n) is 2.74. The highest BCUT2D eigenvalue weighted by Crippen LogP contribution is 2.37. The number of alkyl halides is 3. The van der Waals surface area contributed by atoms with E-state index in [1.54, 1.807) is 7.05 Å². The van der Waals surface area contributed by atoms with Crippen LogP contribution >= 0.6 is 0 Å². The lowest BCUT2D eigenvalue weighted by Gasteiger charge is -2.12. The lowest BCUT2D eigenvalue weighted by Crippen LogP contribution is -2.10. The van der Waals surface area contributed by atoms with Crippen LogP contribution < -0.4 is 9.50 Å². The van der Waals surface area contributed by atoms with Gasteiger partial charge in [0.1, 0.15) is 0 Å². The Hall–Kier alpha value is -3.65. The maximum absolute atomic E-state index is 13.0. The minimum atomic E-state index is -5.13. The number of nitrogens with one attached hydrogen (secondary N) is 1. The van der Waals surface area contributed by atoms with Crippen molar-refractivity contribution >= 4 is 21.8 Å². The van der Waals surface area contributed by atoms with Crippen LogP contribution in [0.3, 0.4) is 0 Å². The quantitative estimate of drug-likeness (QED) is 0.324. The van der Waals surface area contributed by atoms with Crippen LogP contribution in [0.2, 0.25) is 0 Å². The number of aromatic nitrogens is 2. The molecule has 0 aliphatic rings. The van der Waals surface area contributed by atoms with Crippen molar-refractivity contribution in [3.05, 3.63) is 64.6 Å². The van der Waals surface area contributed by atoms with Crippen LogP contribution in [0.1, 0.15) is 5.56 Å². The highest BCUT2D eigenvalue weighted by molar-refractivity contribution is 7.81. The SMILES string of the molecule is CNc1ccc([N+](=O)[O-])cc1-n1cnc(-c2ccc(C(F)(F)F)cc2OS(=O)(=O)O)c1. The molecule has 0 aliphatic heterocycles. The van der Waals surface area contributed by atoms with Crippen LogP contribution in [0.4, 0.5) is 24.5 Å². The monoisotopic (exact) mass is 458 g/mol. The van der Waals surface area contributed by atoms with Crippen LogP contribution in [-0.4, -0.2) is 34.5 Å². The molecule has 0 bridgehead atoms. The van der Waals surface area contributed by atoms with E-state index in [1.807, 2.05) is 0 Å². The molecular weight excluding hydrogens is 445 g/mol. The molecule has 2 N–H and O–H groups in total. The van der Waals surface area contributed by atoms with Crippen LogP contribution in [0.15, 0.2) is 48.9 Å². The zero-order valence-electron chi connectivity index (χ0n) is 15.5. The molecule has 0 radical (unpaired) electrons. The van der Waals surface area contributed by atoms with Gasteiger partial charge < -0.3 is 14.1 Å². The topological polar surface area (TPSA) is 137 Å². The van der Waals surface area contributed by atoms with Crippen LogP contribution in [0.25, 0.3) is 16.9 Å². The number of nitrogens with zero attached hydrogens (tertiary/aromatic N) is 3. The summed E-state index contributed by atoms with van der Waals surface area (Å²) in [5.41, 5.74) is -0.808. The van der Waals surface area contributed by atoms with Crippen molar-refractivity contribution in [2.45, 2.75) is 6.18 Å². The van der Waals surface area contributed by atoms with E-state index in [4.69, 9.17) is 4.55 Å². The molecule has 3 rings (SSSR count). The van der Waals surface area contributed by atoms with Crippen LogP contribution in [-0.2, 0) is 16.6 Å². The normalized spacial score (nSPS) is 11.9. The first-order valence-corrected chi connectivity index (χ1v) is 9.64. The van der Waals surface area contributed by atoms with E-state index in [0.29, 0.717) is 23.5 Å².